The summed E-state index contributed by atoms with van der Waals surface area (Å²) in [5.74, 6) is 0.277. The van der Waals surface area contributed by atoms with Crippen LogP contribution in [0.1, 0.15) is 62.0 Å². The summed E-state index contributed by atoms with van der Waals surface area (Å²) in [7, 11) is 3.08. The summed E-state index contributed by atoms with van der Waals surface area (Å²) in [4.78, 5) is 21.1. The van der Waals surface area contributed by atoms with Crippen LogP contribution in [0.2, 0.25) is 0 Å². The van der Waals surface area contributed by atoms with E-state index in [1.807, 2.05) is 66.7 Å². The van der Waals surface area contributed by atoms with Crippen molar-refractivity contribution in [2.24, 2.45) is 22.9 Å². The van der Waals surface area contributed by atoms with Crippen molar-refractivity contribution in [3.8, 4) is 17.2 Å². The van der Waals surface area contributed by atoms with Crippen molar-refractivity contribution in [2.45, 2.75) is 69.3 Å². The Morgan fingerprint density at radius 3 is 2.40 bits per heavy atom. The number of aliphatic hydroxyl groups excluding tert-OH is 2. The molecule has 7 rings (SSSR count). The summed E-state index contributed by atoms with van der Waals surface area (Å²) in [6.45, 7) is 4.66. The van der Waals surface area contributed by atoms with Gasteiger partial charge in [0.15, 0.2) is 0 Å². The highest BCUT2D eigenvalue weighted by Gasteiger charge is 2.65. The van der Waals surface area contributed by atoms with Crippen molar-refractivity contribution < 1.29 is 38.8 Å². The van der Waals surface area contributed by atoms with Gasteiger partial charge in [-0.2, -0.15) is 0 Å². The van der Waals surface area contributed by atoms with Gasteiger partial charge in [-0.1, -0.05) is 90.8 Å². The van der Waals surface area contributed by atoms with Gasteiger partial charge in [0.25, 0.3) is 0 Å². The average Bonchev–Trinajstić information content (AvgIpc) is 3.24. The molecule has 0 radical (unpaired) electrons. The van der Waals surface area contributed by atoms with Crippen LogP contribution in [0.4, 0.5) is 4.79 Å². The van der Waals surface area contributed by atoms with Gasteiger partial charge in [0.2, 0.25) is 5.79 Å². The van der Waals surface area contributed by atoms with Crippen molar-refractivity contribution in [3.63, 3.8) is 0 Å². The third kappa shape index (κ3) is 8.44. The predicted octanol–water partition coefficient (Wildman–Crippen LogP) is 9.16. The van der Waals surface area contributed by atoms with E-state index in [9.17, 15) is 15.0 Å². The Balaban J connectivity index is 1.40. The fourth-order valence-electron chi connectivity index (χ4n) is 9.19. The van der Waals surface area contributed by atoms with E-state index in [0.29, 0.717) is 24.3 Å². The first-order valence-corrected chi connectivity index (χ1v) is 20.1. The van der Waals surface area contributed by atoms with E-state index < -0.39 is 23.8 Å². The normalized spacial score (nSPS) is 24.1. The van der Waals surface area contributed by atoms with Crippen LogP contribution < -0.4 is 9.47 Å². The molecule has 1 fully saturated rings. The zero-order valence-corrected chi connectivity index (χ0v) is 32.9. The van der Waals surface area contributed by atoms with Crippen molar-refractivity contribution in [1.82, 2.24) is 4.90 Å². The smallest absolute Gasteiger partial charge is 0.409 e. The Morgan fingerprint density at radius 2 is 1.65 bits per heavy atom. The zero-order chi connectivity index (χ0) is 39.8. The van der Waals surface area contributed by atoms with E-state index in [-0.39, 0.29) is 50.6 Å². The molecule has 2 aliphatic carbocycles. The van der Waals surface area contributed by atoms with Gasteiger partial charge in [-0.25, -0.2) is 4.79 Å². The molecule has 0 saturated heterocycles. The molecule has 0 unspecified atom stereocenters. The number of ether oxygens (including phenoxy) is 4. The van der Waals surface area contributed by atoms with Gasteiger partial charge >= 0.3 is 6.09 Å². The Kier molecular flexibility index (Phi) is 12.9. The van der Waals surface area contributed by atoms with Gasteiger partial charge in [-0.3, -0.25) is 0 Å². The fourth-order valence-corrected chi connectivity index (χ4v) is 9.19. The number of hydrogen-bond acceptors (Lipinski definition) is 9. The highest BCUT2D eigenvalue weighted by Crippen LogP contribution is 2.62. The molecule has 57 heavy (non-hydrogen) atoms. The standard InChI is InChI=1S/C47H54N2O8/c1-4-26-54-47-43(49(2)46(52)53-3)30-41(48-55-31-32-14-6-5-7-15-32)39-28-35(18-10-12-24-50)38(19-11-13-25-51)44(45(39)47)40-29-37(22-23-42(40)57-47)56-36-21-20-33-16-8-9-17-34(33)27-36/h4-9,14-17,20-23,27-29,35,38,43-45,50-51H,1,10-13,18-19,24-26,30-31H2,2-3H3/t35-,38+,43-,44+,45+,47+/m0/s1. The number of methoxy groups -OCH3 is 1. The molecule has 4 aromatic rings. The minimum absolute atomic E-state index is 0.0861. The fraction of sp³-hybridized carbons (Fsp3) is 0.404. The lowest BCUT2D eigenvalue weighted by molar-refractivity contribution is -0.253. The molecule has 1 heterocycles. The first-order chi connectivity index (χ1) is 27.9. The summed E-state index contributed by atoms with van der Waals surface area (Å²) >= 11 is 0. The maximum atomic E-state index is 13.5. The quantitative estimate of drug-likeness (QED) is 0.0620. The number of benzene rings is 4. The SMILES string of the molecule is C=CCO[C@@]12Oc3ccc(Oc4ccc5ccccc5c4)cc3[C@H]3[C@H](CCCCO)[C@@H](CCCCO)C=C(C(=NOCc4ccccc4)C[C@@H]1N(C)C(=O)OC)[C@H]32. The van der Waals surface area contributed by atoms with Gasteiger partial charge < -0.3 is 38.9 Å². The van der Waals surface area contributed by atoms with E-state index in [4.69, 9.17) is 28.9 Å². The summed E-state index contributed by atoms with van der Waals surface area (Å²) in [5, 5.41) is 26.8. The predicted molar refractivity (Wildman–Crippen MR) is 220 cm³/mol. The summed E-state index contributed by atoms with van der Waals surface area (Å²) in [6.07, 6.45) is 8.50. The molecule has 10 heteroatoms. The van der Waals surface area contributed by atoms with Crippen molar-refractivity contribution in [2.75, 3.05) is 34.0 Å². The van der Waals surface area contributed by atoms with E-state index in [1.165, 1.54) is 7.11 Å². The molecule has 0 bridgehead atoms. The molecular formula is C47H54N2O8. The number of unbranched alkanes of at least 4 members (excludes halogenated alkanes) is 2. The number of aliphatic hydroxyl groups is 2. The van der Waals surface area contributed by atoms with Gasteiger partial charge in [-0.15, -0.1) is 6.58 Å². The number of carbonyl (C=O) groups excluding carboxylic acids is 1. The van der Waals surface area contributed by atoms with Crippen LogP contribution in [0.15, 0.2) is 120 Å². The molecular weight excluding hydrogens is 721 g/mol. The lowest BCUT2D eigenvalue weighted by Gasteiger charge is -2.59. The van der Waals surface area contributed by atoms with Crippen LogP contribution in [-0.2, 0) is 20.9 Å². The maximum absolute atomic E-state index is 13.5. The highest BCUT2D eigenvalue weighted by molar-refractivity contribution is 6.03. The summed E-state index contributed by atoms with van der Waals surface area (Å²) in [5.41, 5.74) is 3.65. The van der Waals surface area contributed by atoms with Gasteiger partial charge in [0.1, 0.15) is 29.9 Å². The van der Waals surface area contributed by atoms with E-state index in [2.05, 4.69) is 36.9 Å². The van der Waals surface area contributed by atoms with Crippen molar-refractivity contribution >= 4 is 22.6 Å². The summed E-state index contributed by atoms with van der Waals surface area (Å²) in [6, 6.07) is 29.5. The Labute approximate surface area is 335 Å². The third-order valence-electron chi connectivity index (χ3n) is 11.8. The minimum Gasteiger partial charge on any atom is -0.459 e. The number of rotatable bonds is 17. The molecule has 3 aliphatic rings. The number of allylic oxidation sites excluding steroid dienone is 1. The van der Waals surface area contributed by atoms with Crippen LogP contribution >= 0.6 is 0 Å². The summed E-state index contributed by atoms with van der Waals surface area (Å²) < 4.78 is 26.0. The number of amides is 1. The lowest BCUT2D eigenvalue weighted by atomic mass is 9.55. The Bertz CT molecular complexity index is 2070. The van der Waals surface area contributed by atoms with Crippen LogP contribution in [-0.4, -0.2) is 72.7 Å². The first kappa shape index (κ1) is 40.1. The van der Waals surface area contributed by atoms with Gasteiger partial charge in [-0.05, 0) is 89.8 Å². The molecule has 0 aromatic heterocycles. The van der Waals surface area contributed by atoms with Crippen LogP contribution in [0.5, 0.6) is 17.2 Å². The second-order valence-electron chi connectivity index (χ2n) is 15.2. The van der Waals surface area contributed by atoms with E-state index in [0.717, 1.165) is 64.6 Å². The number of carbonyl (C=O) groups is 1. The molecule has 1 aliphatic heterocycles. The first-order valence-electron chi connectivity index (χ1n) is 20.1. The molecule has 10 nitrogen and oxygen atoms in total. The second kappa shape index (κ2) is 18.4. The number of fused-ring (bicyclic) bond motifs is 3. The van der Waals surface area contributed by atoms with Crippen molar-refractivity contribution in [3.05, 3.63) is 126 Å². The Hall–Kier alpha value is -5.16. The molecule has 6 atom stereocenters. The number of oxime groups is 1. The van der Waals surface area contributed by atoms with E-state index >= 15 is 0 Å². The van der Waals surface area contributed by atoms with Gasteiger partial charge in [0, 0.05) is 38.2 Å². The molecule has 1 amide bonds. The number of nitrogens with zero attached hydrogens (tertiary/aromatic N) is 2. The van der Waals surface area contributed by atoms with Gasteiger partial charge in [0.05, 0.1) is 25.3 Å². The van der Waals surface area contributed by atoms with Crippen molar-refractivity contribution in [1.29, 1.82) is 0 Å². The zero-order valence-electron chi connectivity index (χ0n) is 32.9. The highest BCUT2D eigenvalue weighted by atomic mass is 16.7. The largest absolute Gasteiger partial charge is 0.459 e. The van der Waals surface area contributed by atoms with Crippen LogP contribution in [0.3, 0.4) is 0 Å². The van der Waals surface area contributed by atoms with Crippen LogP contribution in [0, 0.1) is 17.8 Å². The average molecular weight is 775 g/mol. The van der Waals surface area contributed by atoms with E-state index in [1.54, 1.807) is 18.0 Å². The topological polar surface area (TPSA) is 119 Å². The lowest BCUT2D eigenvalue weighted by Crippen LogP contribution is -2.69. The molecule has 300 valence electrons. The molecule has 0 spiro atoms. The number of likely N-dealkylation sites (N-methyl/N-ethyl adjacent to an activating group) is 1. The minimum atomic E-state index is -1.36. The number of hydrogen-bond donors (Lipinski definition) is 2. The van der Waals surface area contributed by atoms with Crippen LogP contribution in [0.25, 0.3) is 10.8 Å². The monoisotopic (exact) mass is 774 g/mol. The maximum Gasteiger partial charge on any atom is 0.409 e. The Morgan fingerprint density at radius 1 is 0.930 bits per heavy atom. The third-order valence-corrected chi connectivity index (χ3v) is 11.8. The molecule has 4 aromatic carbocycles. The molecule has 1 saturated carbocycles. The molecule has 2 N–H and O–H groups in total. The second-order valence-corrected chi connectivity index (χ2v) is 15.2.